The molecule has 2 aromatic heterocycles. The first-order valence-electron chi connectivity index (χ1n) is 8.61. The van der Waals surface area contributed by atoms with E-state index in [9.17, 15) is 0 Å². The Labute approximate surface area is 166 Å². The Kier molecular flexibility index (Phi) is 5.18. The summed E-state index contributed by atoms with van der Waals surface area (Å²) in [7, 11) is 0. The van der Waals surface area contributed by atoms with E-state index in [1.165, 1.54) is 0 Å². The molecule has 2 heterocycles. The molecule has 0 atom stereocenters. The van der Waals surface area contributed by atoms with Gasteiger partial charge in [0.1, 0.15) is 5.75 Å². The number of ether oxygens (including phenoxy) is 1. The second kappa shape index (κ2) is 7.90. The van der Waals surface area contributed by atoms with Crippen LogP contribution in [0, 0.1) is 0 Å². The van der Waals surface area contributed by atoms with Crippen LogP contribution >= 0.6 is 22.9 Å². The van der Waals surface area contributed by atoms with E-state index in [4.69, 9.17) is 16.3 Å². The number of nitrogens with zero attached hydrogens (tertiary/aromatic N) is 3. The molecule has 0 aliphatic carbocycles. The second-order valence-corrected chi connectivity index (χ2v) is 7.48. The zero-order valence-corrected chi connectivity index (χ0v) is 16.2. The second-order valence-electron chi connectivity index (χ2n) is 5.99. The van der Waals surface area contributed by atoms with E-state index in [1.54, 1.807) is 11.3 Å². The molecule has 136 valence electrons. The lowest BCUT2D eigenvalue weighted by Crippen LogP contribution is -1.94. The highest BCUT2D eigenvalue weighted by Gasteiger charge is 2.16. The Morgan fingerprint density at radius 1 is 1.07 bits per heavy atom. The maximum absolute atomic E-state index is 6.07. The molecule has 4 aromatic rings. The lowest BCUT2D eigenvalue weighted by Gasteiger charge is -2.08. The average Bonchev–Trinajstić information content (AvgIpc) is 3.37. The zero-order valence-electron chi connectivity index (χ0n) is 14.6. The highest BCUT2D eigenvalue weighted by molar-refractivity contribution is 7.19. The normalized spacial score (nSPS) is 10.9. The number of hydrogen-bond donors (Lipinski definition) is 1. The number of aromatic nitrogens is 4. The third-order valence-electron chi connectivity index (χ3n) is 4.04. The molecular weight excluding hydrogens is 380 g/mol. The van der Waals surface area contributed by atoms with E-state index in [2.05, 4.69) is 45.7 Å². The van der Waals surface area contributed by atoms with Gasteiger partial charge in [0.05, 0.1) is 11.5 Å². The summed E-state index contributed by atoms with van der Waals surface area (Å²) in [5, 5.41) is 15.0. The molecule has 0 aliphatic rings. The van der Waals surface area contributed by atoms with Crippen molar-refractivity contribution in [2.75, 3.05) is 6.61 Å². The number of halogens is 1. The molecule has 4 rings (SSSR count). The van der Waals surface area contributed by atoms with E-state index in [1.807, 2.05) is 36.4 Å². The first-order chi connectivity index (χ1) is 13.2. The molecule has 0 spiro atoms. The summed E-state index contributed by atoms with van der Waals surface area (Å²) < 4.78 is 5.81. The Morgan fingerprint density at radius 2 is 1.93 bits per heavy atom. The summed E-state index contributed by atoms with van der Waals surface area (Å²) in [6.07, 6.45) is 0.974. The van der Waals surface area contributed by atoms with Crippen molar-refractivity contribution >= 4 is 22.9 Å². The van der Waals surface area contributed by atoms with E-state index < -0.39 is 0 Å². The summed E-state index contributed by atoms with van der Waals surface area (Å²) in [4.78, 5) is 2.10. The largest absolute Gasteiger partial charge is 0.494 e. The third kappa shape index (κ3) is 3.86. The van der Waals surface area contributed by atoms with E-state index in [0.717, 1.165) is 38.6 Å². The van der Waals surface area contributed by atoms with Crippen LogP contribution in [0.1, 0.15) is 13.3 Å². The van der Waals surface area contributed by atoms with Crippen molar-refractivity contribution in [1.82, 2.24) is 20.6 Å². The number of benzene rings is 2. The topological polar surface area (TPSA) is 63.7 Å². The number of nitrogens with one attached hydrogen (secondary N) is 1. The van der Waals surface area contributed by atoms with Crippen LogP contribution < -0.4 is 4.74 Å². The maximum Gasteiger partial charge on any atom is 0.189 e. The Hall–Kier alpha value is -2.70. The van der Waals surface area contributed by atoms with Crippen LogP contribution in [0.5, 0.6) is 5.75 Å². The number of aromatic amines is 1. The summed E-state index contributed by atoms with van der Waals surface area (Å²) >= 11 is 7.70. The minimum absolute atomic E-state index is 0.653. The lowest BCUT2D eigenvalue weighted by molar-refractivity contribution is 0.317. The average molecular weight is 397 g/mol. The molecule has 0 bridgehead atoms. The highest BCUT2D eigenvalue weighted by Crippen LogP contribution is 2.43. The van der Waals surface area contributed by atoms with E-state index in [-0.39, 0.29) is 0 Å². The van der Waals surface area contributed by atoms with Gasteiger partial charge in [0.2, 0.25) is 0 Å². The van der Waals surface area contributed by atoms with Crippen molar-refractivity contribution < 1.29 is 4.74 Å². The monoisotopic (exact) mass is 396 g/mol. The predicted octanol–water partition coefficient (Wildman–Crippen LogP) is 5.70. The fourth-order valence-corrected chi connectivity index (χ4v) is 4.02. The first-order valence-corrected chi connectivity index (χ1v) is 9.81. The van der Waals surface area contributed by atoms with Crippen molar-refractivity contribution in [2.24, 2.45) is 0 Å². The molecule has 0 aliphatic heterocycles. The van der Waals surface area contributed by atoms with E-state index in [0.29, 0.717) is 17.5 Å². The molecule has 0 unspecified atom stereocenters. The first kappa shape index (κ1) is 17.7. The molecule has 0 saturated heterocycles. The van der Waals surface area contributed by atoms with Crippen molar-refractivity contribution in [1.29, 1.82) is 0 Å². The van der Waals surface area contributed by atoms with Gasteiger partial charge in [-0.3, -0.25) is 0 Å². The number of rotatable bonds is 6. The van der Waals surface area contributed by atoms with Crippen LogP contribution in [0.3, 0.4) is 0 Å². The molecule has 2 aromatic carbocycles. The van der Waals surface area contributed by atoms with Gasteiger partial charge in [-0.1, -0.05) is 42.8 Å². The molecule has 0 radical (unpaired) electrons. The van der Waals surface area contributed by atoms with Crippen molar-refractivity contribution in [3.8, 4) is 38.0 Å². The molecule has 27 heavy (non-hydrogen) atoms. The molecule has 0 fully saturated rings. The minimum atomic E-state index is 0.653. The molecule has 0 saturated carbocycles. The van der Waals surface area contributed by atoms with Crippen molar-refractivity contribution in [2.45, 2.75) is 13.3 Å². The van der Waals surface area contributed by atoms with Gasteiger partial charge in [-0.25, -0.2) is 5.10 Å². The number of thiophene rings is 1. The van der Waals surface area contributed by atoms with E-state index >= 15 is 0 Å². The number of hydrogen-bond acceptors (Lipinski definition) is 5. The Bertz CT molecular complexity index is 1030. The van der Waals surface area contributed by atoms with Gasteiger partial charge in [0, 0.05) is 15.5 Å². The maximum atomic E-state index is 6.07. The van der Waals surface area contributed by atoms with Gasteiger partial charge in [-0.2, -0.15) is 0 Å². The van der Waals surface area contributed by atoms with Crippen LogP contribution in [0.2, 0.25) is 5.02 Å². The van der Waals surface area contributed by atoms with Crippen molar-refractivity contribution in [3.63, 3.8) is 0 Å². The Morgan fingerprint density at radius 3 is 2.67 bits per heavy atom. The fraction of sp³-hybridized carbons (Fsp3) is 0.150. The number of H-pyrrole nitrogens is 1. The molecule has 7 heteroatoms. The summed E-state index contributed by atoms with van der Waals surface area (Å²) in [6, 6.07) is 18.1. The van der Waals surface area contributed by atoms with Crippen LogP contribution in [-0.4, -0.2) is 27.2 Å². The van der Waals surface area contributed by atoms with Crippen LogP contribution in [-0.2, 0) is 0 Å². The van der Waals surface area contributed by atoms with Gasteiger partial charge in [0.25, 0.3) is 0 Å². The molecule has 0 amide bonds. The SMILES string of the molecule is CCCOc1cccc(-c2cc(-c3nnn[nH]3)sc2-c2ccc(Cl)cc2)c1. The molecule has 5 nitrogen and oxygen atoms in total. The van der Waals surface area contributed by atoms with Crippen LogP contribution in [0.25, 0.3) is 32.3 Å². The number of tetrazole rings is 1. The predicted molar refractivity (Wildman–Crippen MR) is 109 cm³/mol. The smallest absolute Gasteiger partial charge is 0.189 e. The standard InChI is InChI=1S/C20H17ClN4OS/c1-2-10-26-16-5-3-4-14(11-16)17-12-18(20-22-24-25-23-20)27-19(17)13-6-8-15(21)9-7-13/h3-9,11-12H,2,10H2,1H3,(H,22,23,24,25). The van der Waals surface area contributed by atoms with Gasteiger partial charge >= 0.3 is 0 Å². The van der Waals surface area contributed by atoms with Gasteiger partial charge in [-0.15, -0.1) is 16.4 Å². The summed E-state index contributed by atoms with van der Waals surface area (Å²) in [6.45, 7) is 2.80. The molecular formula is C20H17ClN4OS. The third-order valence-corrected chi connectivity index (χ3v) is 5.48. The van der Waals surface area contributed by atoms with Crippen LogP contribution in [0.15, 0.2) is 54.6 Å². The highest BCUT2D eigenvalue weighted by atomic mass is 35.5. The van der Waals surface area contributed by atoms with Crippen LogP contribution in [0.4, 0.5) is 0 Å². The fourth-order valence-electron chi connectivity index (χ4n) is 2.77. The van der Waals surface area contributed by atoms with Crippen molar-refractivity contribution in [3.05, 3.63) is 59.6 Å². The molecule has 1 N–H and O–H groups in total. The minimum Gasteiger partial charge on any atom is -0.494 e. The van der Waals surface area contributed by atoms with Gasteiger partial charge < -0.3 is 4.74 Å². The Balaban J connectivity index is 1.82. The van der Waals surface area contributed by atoms with Gasteiger partial charge in [0.15, 0.2) is 5.82 Å². The quantitative estimate of drug-likeness (QED) is 0.453. The summed E-state index contributed by atoms with van der Waals surface area (Å²) in [5.74, 6) is 1.52. The zero-order chi connectivity index (χ0) is 18.6. The van der Waals surface area contributed by atoms with Gasteiger partial charge in [-0.05, 0) is 58.3 Å². The summed E-state index contributed by atoms with van der Waals surface area (Å²) in [5.41, 5.74) is 3.29. The lowest BCUT2D eigenvalue weighted by atomic mass is 10.0.